The number of nitrogens with one attached hydrogen (secondary N) is 2. The summed E-state index contributed by atoms with van der Waals surface area (Å²) in [7, 11) is 1.62. The van der Waals surface area contributed by atoms with E-state index in [1.807, 2.05) is 37.3 Å². The molecule has 0 aliphatic carbocycles. The molecule has 160 valence electrons. The van der Waals surface area contributed by atoms with Gasteiger partial charge in [0.05, 0.1) is 18.4 Å². The molecule has 2 aromatic heterocycles. The Hall–Kier alpha value is -3.20. The Morgan fingerprint density at radius 3 is 2.67 bits per heavy atom. The molecule has 9 heteroatoms. The summed E-state index contributed by atoms with van der Waals surface area (Å²) in [6.07, 6.45) is 3.90. The van der Waals surface area contributed by atoms with E-state index in [1.165, 1.54) is 0 Å². The quantitative estimate of drug-likeness (QED) is 0.523. The highest BCUT2D eigenvalue weighted by atomic mass is 16.5. The normalized spacial score (nSPS) is 12.6. The lowest BCUT2D eigenvalue weighted by Crippen LogP contribution is -2.36. The van der Waals surface area contributed by atoms with Crippen LogP contribution >= 0.6 is 0 Å². The Kier molecular flexibility index (Phi) is 6.51. The largest absolute Gasteiger partial charge is 0.497 e. The summed E-state index contributed by atoms with van der Waals surface area (Å²) in [5.41, 5.74) is 1.02. The lowest BCUT2D eigenvalue weighted by Gasteiger charge is -2.19. The number of carbonyl (C=O) groups excluding carboxylic acids is 1. The second-order valence-electron chi connectivity index (χ2n) is 7.91. The fraction of sp³-hybridized carbons (Fsp3) is 0.429. The van der Waals surface area contributed by atoms with Crippen LogP contribution in [0.1, 0.15) is 40.0 Å². The van der Waals surface area contributed by atoms with Crippen molar-refractivity contribution in [2.24, 2.45) is 0 Å². The van der Waals surface area contributed by atoms with Gasteiger partial charge in [-0.2, -0.15) is 9.50 Å². The summed E-state index contributed by atoms with van der Waals surface area (Å²) in [6, 6.07) is 8.98. The zero-order chi connectivity index (χ0) is 21.7. The third-order valence-electron chi connectivity index (χ3n) is 4.65. The molecule has 0 aliphatic rings. The summed E-state index contributed by atoms with van der Waals surface area (Å²) in [5.74, 6) is 1.32. The minimum atomic E-state index is -0.697. The van der Waals surface area contributed by atoms with Crippen molar-refractivity contribution in [1.29, 1.82) is 0 Å². The number of methoxy groups -OCH3 is 1. The number of anilines is 1. The topological polar surface area (TPSA) is 114 Å². The van der Waals surface area contributed by atoms with Crippen LogP contribution in [0.25, 0.3) is 17.0 Å². The molecule has 3 aromatic rings. The molecule has 3 N–H and O–H groups in total. The Balaban J connectivity index is 1.66. The average Bonchev–Trinajstić information content (AvgIpc) is 3.09. The van der Waals surface area contributed by atoms with Gasteiger partial charge in [-0.05, 0) is 70.4 Å². The number of aromatic nitrogens is 4. The zero-order valence-corrected chi connectivity index (χ0v) is 17.7. The number of ether oxygens (including phenoxy) is 1. The van der Waals surface area contributed by atoms with Crippen LogP contribution in [0.3, 0.4) is 0 Å². The van der Waals surface area contributed by atoms with Crippen molar-refractivity contribution in [3.8, 4) is 17.0 Å². The average molecular weight is 412 g/mol. The van der Waals surface area contributed by atoms with E-state index >= 15 is 0 Å². The van der Waals surface area contributed by atoms with E-state index in [4.69, 9.17) is 4.74 Å². The Morgan fingerprint density at radius 2 is 2.00 bits per heavy atom. The molecule has 2 heterocycles. The van der Waals surface area contributed by atoms with E-state index in [0.717, 1.165) is 29.8 Å². The summed E-state index contributed by atoms with van der Waals surface area (Å²) < 4.78 is 6.79. The maximum absolute atomic E-state index is 12.3. The van der Waals surface area contributed by atoms with Crippen LogP contribution < -0.4 is 15.4 Å². The molecule has 0 radical (unpaired) electrons. The van der Waals surface area contributed by atoms with Crippen LogP contribution in [0.2, 0.25) is 0 Å². The zero-order valence-electron chi connectivity index (χ0n) is 17.7. The third kappa shape index (κ3) is 5.66. The number of benzene rings is 1. The number of aliphatic hydroxyl groups is 1. The van der Waals surface area contributed by atoms with Crippen molar-refractivity contribution < 1.29 is 14.6 Å². The number of amides is 2. The maximum Gasteiger partial charge on any atom is 0.321 e. The van der Waals surface area contributed by atoms with Crippen LogP contribution in [0.4, 0.5) is 10.7 Å². The first-order valence-corrected chi connectivity index (χ1v) is 9.91. The number of urea groups is 1. The number of hydrogen-bond donors (Lipinski definition) is 3. The van der Waals surface area contributed by atoms with Crippen LogP contribution in [0.5, 0.6) is 5.75 Å². The molecule has 0 saturated carbocycles. The summed E-state index contributed by atoms with van der Waals surface area (Å²) in [5, 5.41) is 19.7. The van der Waals surface area contributed by atoms with Crippen LogP contribution in [0.15, 0.2) is 36.5 Å². The second kappa shape index (κ2) is 9.08. The molecular weight excluding hydrogens is 384 g/mol. The van der Waals surface area contributed by atoms with Crippen molar-refractivity contribution in [3.05, 3.63) is 36.5 Å². The first-order chi connectivity index (χ1) is 14.2. The van der Waals surface area contributed by atoms with Gasteiger partial charge in [-0.3, -0.25) is 5.32 Å². The number of hydrogen-bond acceptors (Lipinski definition) is 6. The highest BCUT2D eigenvalue weighted by Gasteiger charge is 2.15. The highest BCUT2D eigenvalue weighted by Crippen LogP contribution is 2.22. The van der Waals surface area contributed by atoms with E-state index in [2.05, 4.69) is 25.7 Å². The van der Waals surface area contributed by atoms with Crippen molar-refractivity contribution in [1.82, 2.24) is 24.9 Å². The number of nitrogens with zero attached hydrogens (tertiary/aromatic N) is 4. The SMILES string of the molecule is COc1ccc(-c2ccnc3nc(NC(=O)N[C@H](C)CCCC(C)(C)O)nn23)cc1. The van der Waals surface area contributed by atoms with Gasteiger partial charge in [0.2, 0.25) is 0 Å². The number of carbonyl (C=O) groups is 1. The smallest absolute Gasteiger partial charge is 0.321 e. The van der Waals surface area contributed by atoms with E-state index in [0.29, 0.717) is 12.2 Å². The molecular formula is C21H28N6O3. The third-order valence-corrected chi connectivity index (χ3v) is 4.65. The molecule has 0 spiro atoms. The molecule has 0 fully saturated rings. The number of rotatable bonds is 8. The fourth-order valence-electron chi connectivity index (χ4n) is 3.10. The lowest BCUT2D eigenvalue weighted by atomic mass is 10.00. The lowest BCUT2D eigenvalue weighted by molar-refractivity contribution is 0.0676. The maximum atomic E-state index is 12.3. The molecule has 0 aliphatic heterocycles. The molecule has 2 amide bonds. The fourth-order valence-corrected chi connectivity index (χ4v) is 3.10. The molecule has 3 rings (SSSR count). The van der Waals surface area contributed by atoms with Crippen molar-refractivity contribution in [2.75, 3.05) is 12.4 Å². The Bertz CT molecular complexity index is 994. The van der Waals surface area contributed by atoms with Crippen molar-refractivity contribution >= 4 is 17.8 Å². The van der Waals surface area contributed by atoms with Gasteiger partial charge < -0.3 is 15.2 Å². The van der Waals surface area contributed by atoms with E-state index < -0.39 is 5.60 Å². The summed E-state index contributed by atoms with van der Waals surface area (Å²) >= 11 is 0. The standard InChI is InChI=1S/C21H28N6O3/c1-14(6-5-12-21(2,3)29)23-20(28)25-18-24-19-22-13-11-17(27(19)26-18)15-7-9-16(30-4)10-8-15/h7-11,13-14,29H,5-6,12H2,1-4H3,(H2,23,25,26,28)/t14-/m1/s1. The first kappa shape index (κ1) is 21.5. The molecule has 0 bridgehead atoms. The van der Waals surface area contributed by atoms with Gasteiger partial charge >= 0.3 is 6.03 Å². The summed E-state index contributed by atoms with van der Waals surface area (Å²) in [6.45, 7) is 5.48. The monoisotopic (exact) mass is 412 g/mol. The predicted molar refractivity (Wildman–Crippen MR) is 115 cm³/mol. The van der Waals surface area contributed by atoms with Gasteiger partial charge in [0, 0.05) is 17.8 Å². The van der Waals surface area contributed by atoms with Crippen molar-refractivity contribution in [2.45, 2.75) is 51.7 Å². The van der Waals surface area contributed by atoms with Gasteiger partial charge in [0.25, 0.3) is 11.7 Å². The molecule has 0 unspecified atom stereocenters. The molecule has 1 atom stereocenters. The van der Waals surface area contributed by atoms with E-state index in [1.54, 1.807) is 31.7 Å². The summed E-state index contributed by atoms with van der Waals surface area (Å²) in [4.78, 5) is 20.8. The van der Waals surface area contributed by atoms with Gasteiger partial charge in [0.1, 0.15) is 5.75 Å². The van der Waals surface area contributed by atoms with Gasteiger partial charge in [-0.15, -0.1) is 5.10 Å². The molecule has 0 saturated heterocycles. The highest BCUT2D eigenvalue weighted by molar-refractivity contribution is 5.87. The Morgan fingerprint density at radius 1 is 1.27 bits per heavy atom. The van der Waals surface area contributed by atoms with Gasteiger partial charge in [-0.1, -0.05) is 0 Å². The van der Waals surface area contributed by atoms with E-state index in [9.17, 15) is 9.90 Å². The molecule has 30 heavy (non-hydrogen) atoms. The van der Waals surface area contributed by atoms with Gasteiger partial charge in [-0.25, -0.2) is 9.78 Å². The minimum Gasteiger partial charge on any atom is -0.497 e. The minimum absolute atomic E-state index is 0.0441. The van der Waals surface area contributed by atoms with E-state index in [-0.39, 0.29) is 18.0 Å². The van der Waals surface area contributed by atoms with Crippen LogP contribution in [0, 0.1) is 0 Å². The van der Waals surface area contributed by atoms with Crippen LogP contribution in [-0.4, -0.2) is 49.5 Å². The molecule has 1 aromatic carbocycles. The number of fused-ring (bicyclic) bond motifs is 1. The van der Waals surface area contributed by atoms with Crippen molar-refractivity contribution in [3.63, 3.8) is 0 Å². The Labute approximate surface area is 175 Å². The molecule has 9 nitrogen and oxygen atoms in total. The second-order valence-corrected chi connectivity index (χ2v) is 7.91. The van der Waals surface area contributed by atoms with Crippen LogP contribution in [-0.2, 0) is 0 Å². The first-order valence-electron chi connectivity index (χ1n) is 9.91. The van der Waals surface area contributed by atoms with Gasteiger partial charge in [0.15, 0.2) is 0 Å². The predicted octanol–water partition coefficient (Wildman–Crippen LogP) is 3.25.